The number of hydrogen-bond acceptors (Lipinski definition) is 5. The van der Waals surface area contributed by atoms with E-state index in [4.69, 9.17) is 9.47 Å². The van der Waals surface area contributed by atoms with Gasteiger partial charge in [-0.05, 0) is 65.7 Å². The third kappa shape index (κ3) is 7.40. The van der Waals surface area contributed by atoms with Gasteiger partial charge in [-0.15, -0.1) is 0 Å². The van der Waals surface area contributed by atoms with Crippen LogP contribution >= 0.6 is 0 Å². The molecule has 0 fully saturated rings. The number of carbonyl (C=O) groups is 2. The van der Waals surface area contributed by atoms with Gasteiger partial charge in [0.25, 0.3) is 5.91 Å². The molecular weight excluding hydrogens is 440 g/mol. The predicted octanol–water partition coefficient (Wildman–Crippen LogP) is 5.67. The van der Waals surface area contributed by atoms with E-state index in [9.17, 15) is 9.59 Å². The van der Waals surface area contributed by atoms with Crippen molar-refractivity contribution >= 4 is 23.6 Å². The van der Waals surface area contributed by atoms with Crippen LogP contribution < -0.4 is 10.1 Å². The van der Waals surface area contributed by atoms with Crippen molar-refractivity contribution in [2.24, 2.45) is 0 Å². The minimum Gasteiger partial charge on any atom is -0.487 e. The topological polar surface area (TPSA) is 77.5 Å². The molecule has 0 saturated carbocycles. The summed E-state index contributed by atoms with van der Waals surface area (Å²) >= 11 is 0. The van der Waals surface area contributed by atoms with Crippen molar-refractivity contribution in [3.63, 3.8) is 0 Å². The third-order valence-corrected chi connectivity index (χ3v) is 5.03. The minimum absolute atomic E-state index is 0.115. The highest BCUT2D eigenvalue weighted by molar-refractivity contribution is 6.04. The van der Waals surface area contributed by atoms with Crippen molar-refractivity contribution in [1.82, 2.24) is 4.98 Å². The largest absolute Gasteiger partial charge is 0.487 e. The lowest BCUT2D eigenvalue weighted by Crippen LogP contribution is -2.11. The quantitative estimate of drug-likeness (QED) is 0.255. The fourth-order valence-corrected chi connectivity index (χ4v) is 3.16. The van der Waals surface area contributed by atoms with Crippen molar-refractivity contribution in [3.05, 3.63) is 132 Å². The standard InChI is InChI=1S/C29H24N2O4/c32-28(18-13-22-11-16-27(17-12-22)34-21-26-8-4-5-19-30-26)35-20-23-9-14-24(15-10-23)29(33)31-25-6-2-1-3-7-25/h1-19H,20-21H2,(H,31,33). The molecule has 0 aliphatic rings. The molecule has 4 rings (SSSR count). The number of carbonyl (C=O) groups excluding carboxylic acids is 2. The number of hydrogen-bond donors (Lipinski definition) is 1. The van der Waals surface area contributed by atoms with Crippen LogP contribution in [0.2, 0.25) is 0 Å². The van der Waals surface area contributed by atoms with Gasteiger partial charge in [-0.1, -0.05) is 48.5 Å². The molecule has 1 heterocycles. The predicted molar refractivity (Wildman–Crippen MR) is 135 cm³/mol. The second-order valence-corrected chi connectivity index (χ2v) is 7.64. The number of benzene rings is 3. The van der Waals surface area contributed by atoms with E-state index < -0.39 is 5.97 Å². The van der Waals surface area contributed by atoms with E-state index in [1.54, 1.807) is 36.5 Å². The van der Waals surface area contributed by atoms with Gasteiger partial charge < -0.3 is 14.8 Å². The van der Waals surface area contributed by atoms with Gasteiger partial charge >= 0.3 is 5.97 Å². The SMILES string of the molecule is O=C(C=Cc1ccc(OCc2ccccn2)cc1)OCc1ccc(C(=O)Nc2ccccc2)cc1. The number of pyridine rings is 1. The molecule has 0 aliphatic carbocycles. The molecule has 3 aromatic carbocycles. The lowest BCUT2D eigenvalue weighted by Gasteiger charge is -2.07. The van der Waals surface area contributed by atoms with E-state index in [0.717, 1.165) is 28.3 Å². The third-order valence-electron chi connectivity index (χ3n) is 5.03. The van der Waals surface area contributed by atoms with Crippen molar-refractivity contribution in [2.45, 2.75) is 13.2 Å². The Morgan fingerprint density at radius 1 is 0.800 bits per heavy atom. The lowest BCUT2D eigenvalue weighted by molar-refractivity contribution is -0.138. The van der Waals surface area contributed by atoms with Gasteiger partial charge in [-0.3, -0.25) is 9.78 Å². The zero-order valence-corrected chi connectivity index (χ0v) is 19.0. The Hall–Kier alpha value is -4.71. The summed E-state index contributed by atoms with van der Waals surface area (Å²) < 4.78 is 11.0. The molecule has 0 atom stereocenters. The normalized spacial score (nSPS) is 10.6. The maximum atomic E-state index is 12.3. The van der Waals surface area contributed by atoms with Gasteiger partial charge in [-0.2, -0.15) is 0 Å². The summed E-state index contributed by atoms with van der Waals surface area (Å²) in [5.41, 5.74) is 3.74. The Balaban J connectivity index is 1.22. The average molecular weight is 465 g/mol. The Kier molecular flexibility index (Phi) is 8.01. The molecule has 0 spiro atoms. The van der Waals surface area contributed by atoms with Crippen molar-refractivity contribution < 1.29 is 19.1 Å². The van der Waals surface area contributed by atoms with E-state index in [-0.39, 0.29) is 12.5 Å². The number of rotatable bonds is 9. The van der Waals surface area contributed by atoms with Crippen LogP contribution in [0, 0.1) is 0 Å². The zero-order chi connectivity index (χ0) is 24.3. The first-order valence-corrected chi connectivity index (χ1v) is 11.1. The summed E-state index contributed by atoms with van der Waals surface area (Å²) in [6.45, 7) is 0.505. The number of nitrogens with zero attached hydrogens (tertiary/aromatic N) is 1. The summed E-state index contributed by atoms with van der Waals surface area (Å²) in [6, 6.07) is 29.3. The Morgan fingerprint density at radius 2 is 1.54 bits per heavy atom. The van der Waals surface area contributed by atoms with Crippen LogP contribution in [0.3, 0.4) is 0 Å². The maximum absolute atomic E-state index is 12.3. The first kappa shape index (κ1) is 23.4. The minimum atomic E-state index is -0.452. The van der Waals surface area contributed by atoms with Gasteiger partial charge in [0.2, 0.25) is 0 Å². The highest BCUT2D eigenvalue weighted by Crippen LogP contribution is 2.15. The van der Waals surface area contributed by atoms with Crippen LogP contribution in [-0.4, -0.2) is 16.9 Å². The molecule has 4 aromatic rings. The first-order valence-electron chi connectivity index (χ1n) is 11.1. The van der Waals surface area contributed by atoms with E-state index in [1.807, 2.05) is 72.8 Å². The Morgan fingerprint density at radius 3 is 2.26 bits per heavy atom. The molecule has 35 heavy (non-hydrogen) atoms. The van der Waals surface area contributed by atoms with Crippen LogP contribution in [0.5, 0.6) is 5.75 Å². The van der Waals surface area contributed by atoms with Crippen LogP contribution in [0.1, 0.15) is 27.2 Å². The average Bonchev–Trinajstić information content (AvgIpc) is 2.91. The number of ether oxygens (including phenoxy) is 2. The molecule has 0 aliphatic heterocycles. The van der Waals surface area contributed by atoms with Crippen molar-refractivity contribution in [3.8, 4) is 5.75 Å². The second kappa shape index (κ2) is 12.0. The molecule has 0 bridgehead atoms. The fraction of sp³-hybridized carbons (Fsp3) is 0.0690. The number of anilines is 1. The number of para-hydroxylation sites is 1. The van der Waals surface area contributed by atoms with Crippen LogP contribution in [0.15, 0.2) is 109 Å². The molecule has 174 valence electrons. The van der Waals surface area contributed by atoms with Gasteiger partial charge in [-0.25, -0.2) is 4.79 Å². The number of esters is 1. The monoisotopic (exact) mass is 464 g/mol. The molecule has 0 radical (unpaired) electrons. The zero-order valence-electron chi connectivity index (χ0n) is 19.0. The van der Waals surface area contributed by atoms with Gasteiger partial charge in [0.15, 0.2) is 0 Å². The Bertz CT molecular complexity index is 1270. The highest BCUT2D eigenvalue weighted by Gasteiger charge is 2.06. The van der Waals surface area contributed by atoms with Crippen LogP contribution in [-0.2, 0) is 22.7 Å². The number of amides is 1. The highest BCUT2D eigenvalue weighted by atomic mass is 16.5. The van der Waals surface area contributed by atoms with Crippen LogP contribution in [0.4, 0.5) is 5.69 Å². The van der Waals surface area contributed by atoms with E-state index in [1.165, 1.54) is 6.08 Å². The first-order chi connectivity index (χ1) is 17.2. The summed E-state index contributed by atoms with van der Waals surface area (Å²) in [7, 11) is 0. The van der Waals surface area contributed by atoms with Gasteiger partial charge in [0, 0.05) is 23.5 Å². The van der Waals surface area contributed by atoms with Gasteiger partial charge in [0.05, 0.1) is 5.69 Å². The number of nitrogens with one attached hydrogen (secondary N) is 1. The molecule has 1 aromatic heterocycles. The molecule has 6 heteroatoms. The molecule has 1 N–H and O–H groups in total. The maximum Gasteiger partial charge on any atom is 0.331 e. The molecular formula is C29H24N2O4. The molecule has 6 nitrogen and oxygen atoms in total. The van der Waals surface area contributed by atoms with E-state index >= 15 is 0 Å². The molecule has 1 amide bonds. The second-order valence-electron chi connectivity index (χ2n) is 7.64. The fourth-order valence-electron chi connectivity index (χ4n) is 3.16. The van der Waals surface area contributed by atoms with Gasteiger partial charge in [0.1, 0.15) is 19.0 Å². The van der Waals surface area contributed by atoms with Crippen molar-refractivity contribution in [1.29, 1.82) is 0 Å². The summed E-state index contributed by atoms with van der Waals surface area (Å²) in [4.78, 5) is 28.6. The molecule has 0 saturated heterocycles. The van der Waals surface area contributed by atoms with Crippen LogP contribution in [0.25, 0.3) is 6.08 Å². The smallest absolute Gasteiger partial charge is 0.331 e. The van der Waals surface area contributed by atoms with Crippen molar-refractivity contribution in [2.75, 3.05) is 5.32 Å². The lowest BCUT2D eigenvalue weighted by atomic mass is 10.1. The summed E-state index contributed by atoms with van der Waals surface area (Å²) in [6.07, 6.45) is 4.79. The molecule has 0 unspecified atom stereocenters. The van der Waals surface area contributed by atoms with E-state index in [0.29, 0.717) is 12.2 Å². The number of aromatic nitrogens is 1. The summed E-state index contributed by atoms with van der Waals surface area (Å²) in [5.74, 6) is 0.0680. The van der Waals surface area contributed by atoms with E-state index in [2.05, 4.69) is 10.3 Å². The summed E-state index contributed by atoms with van der Waals surface area (Å²) in [5, 5.41) is 2.83. The Labute approximate surface area is 203 Å².